The molecule has 0 heterocycles. The quantitative estimate of drug-likeness (QED) is 0.394. The summed E-state index contributed by atoms with van der Waals surface area (Å²) >= 11 is 5.84. The summed E-state index contributed by atoms with van der Waals surface area (Å²) in [6.45, 7) is -0.757. The van der Waals surface area contributed by atoms with E-state index in [9.17, 15) is 22.0 Å². The minimum absolute atomic E-state index is 0.0633. The summed E-state index contributed by atoms with van der Waals surface area (Å²) in [7, 11) is -4.10. The van der Waals surface area contributed by atoms with Crippen LogP contribution in [0.5, 0.6) is 0 Å². The van der Waals surface area contributed by atoms with Gasteiger partial charge in [-0.2, -0.15) is 9.41 Å². The molecule has 0 fully saturated rings. The number of sulfonamides is 1. The number of amides is 1. The maximum Gasteiger partial charge on any atom is 0.255 e. The zero-order valence-corrected chi connectivity index (χ0v) is 18.2. The zero-order valence-electron chi connectivity index (χ0n) is 16.6. The minimum atomic E-state index is -4.10. The van der Waals surface area contributed by atoms with Crippen LogP contribution in [0.25, 0.3) is 0 Å². The first-order valence-electron chi connectivity index (χ1n) is 9.32. The van der Waals surface area contributed by atoms with E-state index in [2.05, 4.69) is 10.5 Å². The van der Waals surface area contributed by atoms with E-state index >= 15 is 0 Å². The second-order valence-corrected chi connectivity index (χ2v) is 9.04. The van der Waals surface area contributed by atoms with Crippen molar-refractivity contribution in [2.75, 3.05) is 6.54 Å². The third kappa shape index (κ3) is 6.19. The maximum absolute atomic E-state index is 13.6. The molecule has 3 rings (SSSR count). The van der Waals surface area contributed by atoms with Crippen LogP contribution in [0, 0.1) is 11.6 Å². The molecule has 0 bridgehead atoms. The second-order valence-electron chi connectivity index (χ2n) is 6.67. The zero-order chi connectivity index (χ0) is 23.1. The number of rotatable bonds is 8. The van der Waals surface area contributed by atoms with Gasteiger partial charge in [0.15, 0.2) is 0 Å². The highest BCUT2D eigenvalue weighted by Crippen LogP contribution is 2.20. The fraction of sp³-hybridized carbons (Fsp3) is 0.0909. The van der Waals surface area contributed by atoms with Crippen LogP contribution < -0.4 is 5.43 Å². The fourth-order valence-corrected chi connectivity index (χ4v) is 4.23. The molecule has 6 nitrogen and oxygen atoms in total. The van der Waals surface area contributed by atoms with Gasteiger partial charge in [0.2, 0.25) is 10.0 Å². The molecule has 1 N–H and O–H groups in total. The van der Waals surface area contributed by atoms with Crippen LogP contribution in [-0.2, 0) is 21.4 Å². The van der Waals surface area contributed by atoms with Crippen molar-refractivity contribution in [3.63, 3.8) is 0 Å². The normalized spacial score (nSPS) is 11.8. The Balaban J connectivity index is 1.80. The molecule has 0 aliphatic heterocycles. The van der Waals surface area contributed by atoms with Crippen LogP contribution in [0.3, 0.4) is 0 Å². The topological polar surface area (TPSA) is 78.8 Å². The SMILES string of the molecule is O=C(CN(Cc1ccc(F)cc1)S(=O)(=O)c1ccc(Cl)cc1)N/N=C\c1ccccc1F. The first-order chi connectivity index (χ1) is 15.3. The number of carbonyl (C=O) groups excluding carboxylic acids is 1. The average molecular weight is 478 g/mol. The van der Waals surface area contributed by atoms with Crippen molar-refractivity contribution in [1.29, 1.82) is 0 Å². The molecule has 1 amide bonds. The third-order valence-corrected chi connectivity index (χ3v) is 6.40. The molecule has 0 atom stereocenters. The molecular formula is C22H18ClF2N3O3S. The largest absolute Gasteiger partial charge is 0.272 e. The average Bonchev–Trinajstić information content (AvgIpc) is 2.76. The molecule has 32 heavy (non-hydrogen) atoms. The van der Waals surface area contributed by atoms with Crippen molar-refractivity contribution in [3.8, 4) is 0 Å². The number of nitrogens with one attached hydrogen (secondary N) is 1. The van der Waals surface area contributed by atoms with Gasteiger partial charge in [0.05, 0.1) is 17.7 Å². The van der Waals surface area contributed by atoms with E-state index in [1.165, 1.54) is 66.7 Å². The Morgan fingerprint density at radius 3 is 2.31 bits per heavy atom. The Bertz CT molecular complexity index is 1220. The number of hydrazone groups is 1. The number of hydrogen-bond donors (Lipinski definition) is 1. The predicted octanol–water partition coefficient (Wildman–Crippen LogP) is 3.96. The van der Waals surface area contributed by atoms with Gasteiger partial charge in [0, 0.05) is 17.1 Å². The van der Waals surface area contributed by atoms with Gasteiger partial charge in [0.1, 0.15) is 11.6 Å². The smallest absolute Gasteiger partial charge is 0.255 e. The maximum atomic E-state index is 13.6. The van der Waals surface area contributed by atoms with Crippen LogP contribution in [-0.4, -0.2) is 31.4 Å². The summed E-state index contributed by atoms with van der Waals surface area (Å²) in [5.74, 6) is -1.73. The molecule has 0 aliphatic rings. The fourth-order valence-electron chi connectivity index (χ4n) is 2.72. The van der Waals surface area contributed by atoms with E-state index in [0.717, 1.165) is 10.5 Å². The Morgan fingerprint density at radius 2 is 1.66 bits per heavy atom. The van der Waals surface area contributed by atoms with Crippen LogP contribution in [0.2, 0.25) is 5.02 Å². The highest BCUT2D eigenvalue weighted by Gasteiger charge is 2.27. The Hall–Kier alpha value is -3.14. The first kappa shape index (κ1) is 23.5. The van der Waals surface area contributed by atoms with Gasteiger partial charge in [0.25, 0.3) is 5.91 Å². The second kappa shape index (κ2) is 10.4. The standard InChI is InChI=1S/C22H18ClF2N3O3S/c23-18-7-11-20(12-8-18)32(30,31)28(14-16-5-9-19(24)10-6-16)15-22(29)27-26-13-17-3-1-2-4-21(17)25/h1-13H,14-15H2,(H,27,29)/b26-13-. The molecule has 0 spiro atoms. The van der Waals surface area contributed by atoms with Gasteiger partial charge in [-0.05, 0) is 48.0 Å². The molecule has 0 aliphatic carbocycles. The molecule has 0 saturated carbocycles. The Kier molecular flexibility index (Phi) is 7.68. The van der Waals surface area contributed by atoms with Crippen molar-refractivity contribution in [2.45, 2.75) is 11.4 Å². The molecule has 0 unspecified atom stereocenters. The monoisotopic (exact) mass is 477 g/mol. The van der Waals surface area contributed by atoms with Gasteiger partial charge in [-0.25, -0.2) is 22.6 Å². The number of benzene rings is 3. The van der Waals surface area contributed by atoms with E-state index in [0.29, 0.717) is 10.6 Å². The van der Waals surface area contributed by atoms with Crippen LogP contribution in [0.4, 0.5) is 8.78 Å². The Labute approximate surface area is 189 Å². The van der Waals surface area contributed by atoms with Crippen molar-refractivity contribution in [2.24, 2.45) is 5.10 Å². The third-order valence-electron chi connectivity index (χ3n) is 4.34. The molecular weight excluding hydrogens is 460 g/mol. The van der Waals surface area contributed by atoms with Gasteiger partial charge < -0.3 is 0 Å². The highest BCUT2D eigenvalue weighted by atomic mass is 35.5. The van der Waals surface area contributed by atoms with E-state index in [1.807, 2.05) is 0 Å². The molecule has 0 saturated heterocycles. The lowest BCUT2D eigenvalue weighted by atomic mass is 10.2. The van der Waals surface area contributed by atoms with Gasteiger partial charge in [-0.1, -0.05) is 41.9 Å². The van der Waals surface area contributed by atoms with Crippen LogP contribution in [0.15, 0.2) is 82.8 Å². The molecule has 166 valence electrons. The summed E-state index contributed by atoms with van der Waals surface area (Å²) in [6, 6.07) is 16.6. The van der Waals surface area contributed by atoms with E-state index in [1.54, 1.807) is 6.07 Å². The van der Waals surface area contributed by atoms with E-state index < -0.39 is 34.1 Å². The number of halogens is 3. The molecule has 3 aromatic carbocycles. The van der Waals surface area contributed by atoms with Crippen molar-refractivity contribution in [1.82, 2.24) is 9.73 Å². The summed E-state index contributed by atoms with van der Waals surface area (Å²) in [5, 5.41) is 4.04. The van der Waals surface area contributed by atoms with Gasteiger partial charge in [-0.15, -0.1) is 0 Å². The minimum Gasteiger partial charge on any atom is -0.272 e. The molecule has 0 radical (unpaired) electrons. The van der Waals surface area contributed by atoms with Crippen molar-refractivity contribution < 1.29 is 22.0 Å². The molecule has 10 heteroatoms. The number of carbonyl (C=O) groups is 1. The number of nitrogens with zero attached hydrogens (tertiary/aromatic N) is 2. The van der Waals surface area contributed by atoms with Crippen molar-refractivity contribution in [3.05, 3.63) is 101 Å². The first-order valence-corrected chi connectivity index (χ1v) is 11.1. The summed E-state index contributed by atoms with van der Waals surface area (Å²) in [6.07, 6.45) is 1.12. The van der Waals surface area contributed by atoms with Crippen LogP contribution >= 0.6 is 11.6 Å². The van der Waals surface area contributed by atoms with E-state index in [-0.39, 0.29) is 17.0 Å². The Morgan fingerprint density at radius 1 is 1.00 bits per heavy atom. The summed E-state index contributed by atoms with van der Waals surface area (Å²) in [4.78, 5) is 12.3. The summed E-state index contributed by atoms with van der Waals surface area (Å²) in [5.41, 5.74) is 2.83. The lowest BCUT2D eigenvalue weighted by molar-refractivity contribution is -0.121. The van der Waals surface area contributed by atoms with Gasteiger partial charge in [-0.3, -0.25) is 4.79 Å². The van der Waals surface area contributed by atoms with Crippen molar-refractivity contribution >= 4 is 33.7 Å². The predicted molar refractivity (Wildman–Crippen MR) is 118 cm³/mol. The highest BCUT2D eigenvalue weighted by molar-refractivity contribution is 7.89. The number of hydrogen-bond acceptors (Lipinski definition) is 4. The lowest BCUT2D eigenvalue weighted by Crippen LogP contribution is -2.39. The van der Waals surface area contributed by atoms with E-state index in [4.69, 9.17) is 11.6 Å². The lowest BCUT2D eigenvalue weighted by Gasteiger charge is -2.21. The molecule has 3 aromatic rings. The van der Waals surface area contributed by atoms with Gasteiger partial charge >= 0.3 is 0 Å². The molecule has 0 aromatic heterocycles. The summed E-state index contributed by atoms with van der Waals surface area (Å²) < 4.78 is 54.1. The van der Waals surface area contributed by atoms with Crippen LogP contribution in [0.1, 0.15) is 11.1 Å².